The Labute approximate surface area is 150 Å². The third kappa shape index (κ3) is 3.55. The van der Waals surface area contributed by atoms with E-state index in [0.717, 1.165) is 39.9 Å². The van der Waals surface area contributed by atoms with Crippen molar-refractivity contribution >= 4 is 27.5 Å². The van der Waals surface area contributed by atoms with Crippen molar-refractivity contribution in [2.75, 3.05) is 13.2 Å². The van der Waals surface area contributed by atoms with Crippen molar-refractivity contribution in [3.05, 3.63) is 58.4 Å². The van der Waals surface area contributed by atoms with Crippen LogP contribution >= 0.6 is 11.3 Å². The summed E-state index contributed by atoms with van der Waals surface area (Å²) in [6.45, 7) is 3.25. The van der Waals surface area contributed by atoms with E-state index in [-0.39, 0.29) is 11.9 Å². The Kier molecular flexibility index (Phi) is 4.46. The lowest BCUT2D eigenvalue weighted by molar-refractivity contribution is 0.0925. The molecule has 0 unspecified atom stereocenters. The van der Waals surface area contributed by atoms with Crippen LogP contribution < -0.4 is 5.32 Å². The standard InChI is InChI=1S/C19H19N3O2S/c1-12-2-3-13(10-20-12)8-14-9-17(22-16-5-7-25-18(14)16)19(23)21-15-4-6-24-11-15/h2-3,5,7,9-10,15H,4,6,8,11H2,1H3,(H,21,23)/t15-/m0/s1. The van der Waals surface area contributed by atoms with Gasteiger partial charge in [0.25, 0.3) is 5.91 Å². The van der Waals surface area contributed by atoms with Crippen LogP contribution in [0.2, 0.25) is 0 Å². The summed E-state index contributed by atoms with van der Waals surface area (Å²) in [5.41, 5.74) is 4.57. The van der Waals surface area contributed by atoms with Crippen LogP contribution in [-0.4, -0.2) is 35.1 Å². The van der Waals surface area contributed by atoms with Gasteiger partial charge in [-0.25, -0.2) is 4.98 Å². The van der Waals surface area contributed by atoms with E-state index in [1.807, 2.05) is 36.7 Å². The van der Waals surface area contributed by atoms with Gasteiger partial charge < -0.3 is 10.1 Å². The molecule has 128 valence electrons. The second-order valence-corrected chi connectivity index (χ2v) is 7.24. The van der Waals surface area contributed by atoms with Gasteiger partial charge in [0.15, 0.2) is 0 Å². The highest BCUT2D eigenvalue weighted by molar-refractivity contribution is 7.17. The average molecular weight is 353 g/mol. The van der Waals surface area contributed by atoms with Gasteiger partial charge in [0.05, 0.1) is 22.9 Å². The number of ether oxygens (including phenoxy) is 1. The highest BCUT2D eigenvalue weighted by Crippen LogP contribution is 2.26. The maximum Gasteiger partial charge on any atom is 0.270 e. The third-order valence-electron chi connectivity index (χ3n) is 4.35. The first-order valence-corrected chi connectivity index (χ1v) is 9.24. The highest BCUT2D eigenvalue weighted by Gasteiger charge is 2.20. The number of aryl methyl sites for hydroxylation is 1. The molecule has 0 spiro atoms. The molecular formula is C19H19N3O2S. The number of hydrogen-bond donors (Lipinski definition) is 1. The van der Waals surface area contributed by atoms with Gasteiger partial charge in [-0.1, -0.05) is 6.07 Å². The minimum atomic E-state index is -0.133. The number of nitrogens with zero attached hydrogens (tertiary/aromatic N) is 2. The predicted octanol–water partition coefficient (Wildman–Crippen LogP) is 3.11. The molecule has 0 aromatic carbocycles. The number of hydrogen-bond acceptors (Lipinski definition) is 5. The van der Waals surface area contributed by atoms with E-state index in [1.165, 1.54) is 0 Å². The molecule has 1 amide bonds. The van der Waals surface area contributed by atoms with Crippen LogP contribution in [0.25, 0.3) is 10.2 Å². The van der Waals surface area contributed by atoms with Crippen LogP contribution in [0.15, 0.2) is 35.8 Å². The van der Waals surface area contributed by atoms with Crippen LogP contribution in [0.1, 0.15) is 33.7 Å². The summed E-state index contributed by atoms with van der Waals surface area (Å²) in [4.78, 5) is 21.5. The molecule has 6 heteroatoms. The van der Waals surface area contributed by atoms with Crippen molar-refractivity contribution in [2.24, 2.45) is 0 Å². The molecule has 0 saturated carbocycles. The lowest BCUT2D eigenvalue weighted by atomic mass is 10.1. The molecule has 1 N–H and O–H groups in total. The topological polar surface area (TPSA) is 64.1 Å². The first-order chi connectivity index (χ1) is 12.2. The predicted molar refractivity (Wildman–Crippen MR) is 98.1 cm³/mol. The van der Waals surface area contributed by atoms with E-state index in [4.69, 9.17) is 4.74 Å². The number of aromatic nitrogens is 2. The molecule has 4 heterocycles. The minimum Gasteiger partial charge on any atom is -0.379 e. The molecule has 4 rings (SSSR count). The molecular weight excluding hydrogens is 334 g/mol. The number of pyridine rings is 2. The Balaban J connectivity index is 1.64. The number of carbonyl (C=O) groups excluding carboxylic acids is 1. The lowest BCUT2D eigenvalue weighted by Crippen LogP contribution is -2.35. The maximum atomic E-state index is 12.6. The summed E-state index contributed by atoms with van der Waals surface area (Å²) in [5, 5.41) is 5.03. The summed E-state index contributed by atoms with van der Waals surface area (Å²) in [7, 11) is 0. The van der Waals surface area contributed by atoms with Gasteiger partial charge in [0, 0.05) is 24.9 Å². The Hall–Kier alpha value is -2.31. The van der Waals surface area contributed by atoms with E-state index < -0.39 is 0 Å². The molecule has 3 aromatic rings. The molecule has 0 aliphatic carbocycles. The van der Waals surface area contributed by atoms with Crippen molar-refractivity contribution in [2.45, 2.75) is 25.8 Å². The van der Waals surface area contributed by atoms with Gasteiger partial charge in [0.2, 0.25) is 0 Å². The highest BCUT2D eigenvalue weighted by atomic mass is 32.1. The van der Waals surface area contributed by atoms with Crippen molar-refractivity contribution in [1.82, 2.24) is 15.3 Å². The zero-order valence-corrected chi connectivity index (χ0v) is 14.8. The monoisotopic (exact) mass is 353 g/mol. The number of carbonyl (C=O) groups is 1. The molecule has 5 nitrogen and oxygen atoms in total. The minimum absolute atomic E-state index is 0.0808. The SMILES string of the molecule is Cc1ccc(Cc2cc(C(=O)N[C@H]3CCOC3)nc3ccsc23)cn1. The quantitative estimate of drug-likeness (QED) is 0.783. The summed E-state index contributed by atoms with van der Waals surface area (Å²) in [6, 6.07) is 8.04. The van der Waals surface area contributed by atoms with E-state index in [2.05, 4.69) is 21.4 Å². The number of thiophene rings is 1. The van der Waals surface area contributed by atoms with Crippen LogP contribution in [-0.2, 0) is 11.2 Å². The molecule has 1 fully saturated rings. The number of nitrogens with one attached hydrogen (secondary N) is 1. The fourth-order valence-corrected chi connectivity index (χ4v) is 3.85. The van der Waals surface area contributed by atoms with Crippen LogP contribution in [0.5, 0.6) is 0 Å². The number of amides is 1. The Bertz CT molecular complexity index is 899. The summed E-state index contributed by atoms with van der Waals surface area (Å²) in [6.07, 6.45) is 3.48. The third-order valence-corrected chi connectivity index (χ3v) is 5.33. The lowest BCUT2D eigenvalue weighted by Gasteiger charge is -2.11. The zero-order chi connectivity index (χ0) is 17.2. The molecule has 25 heavy (non-hydrogen) atoms. The molecule has 1 saturated heterocycles. The van der Waals surface area contributed by atoms with Crippen molar-refractivity contribution in [3.63, 3.8) is 0 Å². The van der Waals surface area contributed by atoms with E-state index in [1.54, 1.807) is 11.3 Å². The van der Waals surface area contributed by atoms with Gasteiger partial charge >= 0.3 is 0 Å². The number of fused-ring (bicyclic) bond motifs is 1. The Morgan fingerprint density at radius 1 is 1.40 bits per heavy atom. The Morgan fingerprint density at radius 3 is 3.08 bits per heavy atom. The van der Waals surface area contributed by atoms with E-state index in [9.17, 15) is 4.79 Å². The largest absolute Gasteiger partial charge is 0.379 e. The summed E-state index contributed by atoms with van der Waals surface area (Å²) < 4.78 is 6.45. The van der Waals surface area contributed by atoms with Crippen molar-refractivity contribution in [1.29, 1.82) is 0 Å². The fourth-order valence-electron chi connectivity index (χ4n) is 3.00. The van der Waals surface area contributed by atoms with Crippen LogP contribution in [0, 0.1) is 6.92 Å². The summed E-state index contributed by atoms with van der Waals surface area (Å²) in [5.74, 6) is -0.133. The van der Waals surface area contributed by atoms with E-state index in [0.29, 0.717) is 18.9 Å². The normalized spacial score (nSPS) is 17.1. The van der Waals surface area contributed by atoms with Gasteiger partial charge in [-0.3, -0.25) is 9.78 Å². The molecule has 1 aliphatic rings. The maximum absolute atomic E-state index is 12.6. The number of rotatable bonds is 4. The summed E-state index contributed by atoms with van der Waals surface area (Å²) >= 11 is 1.66. The van der Waals surface area contributed by atoms with Gasteiger partial charge in [0.1, 0.15) is 5.69 Å². The van der Waals surface area contributed by atoms with Gasteiger partial charge in [-0.15, -0.1) is 11.3 Å². The van der Waals surface area contributed by atoms with Gasteiger partial charge in [-0.2, -0.15) is 0 Å². The molecule has 0 bridgehead atoms. The smallest absolute Gasteiger partial charge is 0.270 e. The van der Waals surface area contributed by atoms with Crippen molar-refractivity contribution in [3.8, 4) is 0 Å². The van der Waals surface area contributed by atoms with Crippen LogP contribution in [0.3, 0.4) is 0 Å². The average Bonchev–Trinajstić information content (AvgIpc) is 3.28. The molecule has 1 aliphatic heterocycles. The molecule has 3 aromatic heterocycles. The Morgan fingerprint density at radius 2 is 2.32 bits per heavy atom. The second kappa shape index (κ2) is 6.90. The first kappa shape index (κ1) is 16.2. The zero-order valence-electron chi connectivity index (χ0n) is 14.0. The fraction of sp³-hybridized carbons (Fsp3) is 0.316. The molecule has 0 radical (unpaired) electrons. The first-order valence-electron chi connectivity index (χ1n) is 8.36. The second-order valence-electron chi connectivity index (χ2n) is 6.32. The van der Waals surface area contributed by atoms with E-state index >= 15 is 0 Å². The van der Waals surface area contributed by atoms with Gasteiger partial charge in [-0.05, 0) is 48.1 Å². The molecule has 1 atom stereocenters. The van der Waals surface area contributed by atoms with Crippen LogP contribution in [0.4, 0.5) is 0 Å². The van der Waals surface area contributed by atoms with Crippen molar-refractivity contribution < 1.29 is 9.53 Å².